The summed E-state index contributed by atoms with van der Waals surface area (Å²) in [5.41, 5.74) is 0. The molecule has 0 N–H and O–H groups in total. The Morgan fingerprint density at radius 3 is 2.33 bits per heavy atom. The van der Waals surface area contributed by atoms with Gasteiger partial charge in [0.1, 0.15) is 0 Å². The molecule has 1 aromatic carbocycles. The van der Waals surface area contributed by atoms with E-state index in [1.54, 1.807) is 0 Å². The van der Waals surface area contributed by atoms with E-state index in [0.29, 0.717) is 0 Å². The summed E-state index contributed by atoms with van der Waals surface area (Å²) in [4.78, 5) is 13.0. The Morgan fingerprint density at radius 2 is 1.78 bits per heavy atom. The van der Waals surface area contributed by atoms with Crippen molar-refractivity contribution in [3.8, 4) is 0 Å². The molecule has 0 bridgehead atoms. The minimum atomic E-state index is -2.94. The van der Waals surface area contributed by atoms with Crippen molar-refractivity contribution in [3.63, 3.8) is 0 Å². The van der Waals surface area contributed by atoms with Crippen LogP contribution >= 0.6 is 11.1 Å². The van der Waals surface area contributed by atoms with Crippen molar-refractivity contribution in [1.82, 2.24) is 0 Å². The third kappa shape index (κ3) is 7.46. The van der Waals surface area contributed by atoms with Crippen molar-refractivity contribution in [2.24, 2.45) is 5.92 Å². The molecule has 0 radical (unpaired) electrons. The molecule has 0 aliphatic rings. The van der Waals surface area contributed by atoms with Crippen LogP contribution in [0.5, 0.6) is 0 Å². The average Bonchev–Trinajstić information content (AvgIpc) is 2.63. The zero-order chi connectivity index (χ0) is 20.3. The van der Waals surface area contributed by atoms with Crippen LogP contribution in [-0.2, 0) is 9.22 Å². The highest BCUT2D eigenvalue weighted by atomic mass is 35.6. The molecule has 27 heavy (non-hydrogen) atoms. The van der Waals surface area contributed by atoms with Crippen LogP contribution in [0.15, 0.2) is 42.5 Å². The van der Waals surface area contributed by atoms with Crippen molar-refractivity contribution in [1.29, 1.82) is 0 Å². The number of allylic oxidation sites excluding steroid dienone is 2. The maximum atomic E-state index is 13.0. The van der Waals surface area contributed by atoms with Crippen LogP contribution in [-0.4, -0.2) is 13.6 Å². The first-order valence-electron chi connectivity index (χ1n) is 10.4. The van der Waals surface area contributed by atoms with Crippen LogP contribution in [0.3, 0.4) is 0 Å². The summed E-state index contributed by atoms with van der Waals surface area (Å²) >= 11 is 7.09. The average molecular weight is 409 g/mol. The van der Waals surface area contributed by atoms with E-state index in [1.807, 2.05) is 30.3 Å². The predicted molar refractivity (Wildman–Crippen MR) is 120 cm³/mol. The fourth-order valence-corrected chi connectivity index (χ4v) is 6.15. The van der Waals surface area contributed by atoms with Crippen molar-refractivity contribution >= 4 is 29.9 Å². The number of hydrogen-bond acceptors (Lipinski definition) is 2. The van der Waals surface area contributed by atoms with Crippen LogP contribution in [0.1, 0.15) is 79.6 Å². The van der Waals surface area contributed by atoms with Crippen LogP contribution < -0.4 is 5.19 Å². The minimum absolute atomic E-state index is 0.0539. The molecule has 152 valence electrons. The third-order valence-electron chi connectivity index (χ3n) is 4.90. The van der Waals surface area contributed by atoms with Crippen molar-refractivity contribution in [2.45, 2.75) is 84.6 Å². The molecule has 2 nitrogen and oxygen atoms in total. The van der Waals surface area contributed by atoms with Gasteiger partial charge in [-0.15, -0.1) is 11.1 Å². The van der Waals surface area contributed by atoms with Gasteiger partial charge in [-0.2, -0.15) is 0 Å². The van der Waals surface area contributed by atoms with Gasteiger partial charge in [0.15, 0.2) is 0 Å². The topological polar surface area (TPSA) is 26.3 Å². The summed E-state index contributed by atoms with van der Waals surface area (Å²) in [5.74, 6) is -0.164. The summed E-state index contributed by atoms with van der Waals surface area (Å²) < 4.78 is 6.15. The number of carbonyl (C=O) groups is 1. The smallest absolute Gasteiger partial charge is 0.388 e. The van der Waals surface area contributed by atoms with E-state index in [1.165, 1.54) is 0 Å². The van der Waals surface area contributed by atoms with Crippen LogP contribution in [0, 0.1) is 5.92 Å². The molecule has 2 atom stereocenters. The molecule has 0 aliphatic heterocycles. The zero-order valence-electron chi connectivity index (χ0n) is 17.8. The van der Waals surface area contributed by atoms with Crippen molar-refractivity contribution in [2.75, 3.05) is 0 Å². The number of halogens is 1. The lowest BCUT2D eigenvalue weighted by atomic mass is 9.97. The van der Waals surface area contributed by atoms with Gasteiger partial charge in [-0.25, -0.2) is 0 Å². The lowest BCUT2D eigenvalue weighted by Gasteiger charge is -2.37. The second kappa shape index (κ2) is 11.7. The Hall–Kier alpha value is -1.06. The van der Waals surface area contributed by atoms with E-state index < -0.39 is 7.63 Å². The number of benzene rings is 1. The number of hydrogen-bond donors (Lipinski definition) is 0. The van der Waals surface area contributed by atoms with Gasteiger partial charge >= 0.3 is 7.63 Å². The first-order chi connectivity index (χ1) is 12.8. The number of carbonyl (C=O) groups excluding carboxylic acids is 1. The Bertz CT molecular complexity index is 580. The molecule has 0 heterocycles. The van der Waals surface area contributed by atoms with E-state index in [4.69, 9.17) is 15.5 Å². The van der Waals surface area contributed by atoms with Crippen LogP contribution in [0.25, 0.3) is 0 Å². The zero-order valence-corrected chi connectivity index (χ0v) is 19.5. The second-order valence-electron chi connectivity index (χ2n) is 8.28. The van der Waals surface area contributed by atoms with Gasteiger partial charge in [-0.3, -0.25) is 4.79 Å². The standard InChI is InChI=1S/C23H37ClO2Si/c1-6-8-9-10-11-13-17-20(16-7-2)22(25)26-27(24,23(3,4)5)21-18-14-12-15-19-21/h8-9,12,14-15,18-20H,6-7,10-11,13,16-17H2,1-5H3. The van der Waals surface area contributed by atoms with Crippen molar-refractivity contribution < 1.29 is 9.22 Å². The van der Waals surface area contributed by atoms with Gasteiger partial charge in [-0.05, 0) is 37.3 Å². The van der Waals surface area contributed by atoms with Crippen LogP contribution in [0.4, 0.5) is 0 Å². The molecule has 2 unspecified atom stereocenters. The highest BCUT2D eigenvalue weighted by Crippen LogP contribution is 2.40. The molecule has 1 rings (SSSR count). The Balaban J connectivity index is 2.83. The first kappa shape index (κ1) is 24.0. The maximum Gasteiger partial charge on any atom is 0.388 e. The highest BCUT2D eigenvalue weighted by molar-refractivity contribution is 7.25. The van der Waals surface area contributed by atoms with Gasteiger partial charge in [0.05, 0.1) is 5.92 Å². The molecule has 0 saturated heterocycles. The van der Waals surface area contributed by atoms with Gasteiger partial charge in [-0.1, -0.05) is 89.9 Å². The number of unbranched alkanes of at least 4 members (excludes halogenated alkanes) is 2. The normalized spacial score (nSPS) is 15.5. The molecule has 0 amide bonds. The monoisotopic (exact) mass is 408 g/mol. The van der Waals surface area contributed by atoms with E-state index >= 15 is 0 Å². The lowest BCUT2D eigenvalue weighted by molar-refractivity contribution is -0.140. The Morgan fingerprint density at radius 1 is 1.11 bits per heavy atom. The van der Waals surface area contributed by atoms with Gasteiger partial charge < -0.3 is 4.43 Å². The quantitative estimate of drug-likeness (QED) is 0.173. The minimum Gasteiger partial charge on any atom is -0.499 e. The Kier molecular flexibility index (Phi) is 10.4. The summed E-state index contributed by atoms with van der Waals surface area (Å²) in [5, 5.41) is 0.681. The Labute approximate surface area is 172 Å². The summed E-state index contributed by atoms with van der Waals surface area (Å²) in [6.45, 7) is 10.5. The van der Waals surface area contributed by atoms with Crippen molar-refractivity contribution in [3.05, 3.63) is 42.5 Å². The summed E-state index contributed by atoms with van der Waals surface area (Å²) in [6, 6.07) is 9.88. The second-order valence-corrected chi connectivity index (χ2v) is 13.4. The molecular weight excluding hydrogens is 372 g/mol. The van der Waals surface area contributed by atoms with Crippen LogP contribution in [0.2, 0.25) is 5.04 Å². The SMILES string of the molecule is CCC=CCCCCC(CCC)C(=O)O[Si](Cl)(c1ccccc1)C(C)(C)C. The third-order valence-corrected chi connectivity index (χ3v) is 11.0. The van der Waals surface area contributed by atoms with E-state index in [-0.39, 0.29) is 16.9 Å². The molecular formula is C23H37ClO2Si. The first-order valence-corrected chi connectivity index (χ1v) is 13.3. The van der Waals surface area contributed by atoms with Gasteiger partial charge in [0, 0.05) is 5.04 Å². The highest BCUT2D eigenvalue weighted by Gasteiger charge is 2.51. The fourth-order valence-electron chi connectivity index (χ4n) is 3.19. The molecule has 1 aromatic rings. The largest absolute Gasteiger partial charge is 0.499 e. The van der Waals surface area contributed by atoms with Gasteiger partial charge in [0.2, 0.25) is 0 Å². The van der Waals surface area contributed by atoms with E-state index in [2.05, 4.69) is 46.8 Å². The van der Waals surface area contributed by atoms with E-state index in [0.717, 1.165) is 50.1 Å². The van der Waals surface area contributed by atoms with Gasteiger partial charge in [0.25, 0.3) is 5.97 Å². The molecule has 0 aromatic heterocycles. The molecule has 0 aliphatic carbocycles. The maximum absolute atomic E-state index is 13.0. The summed E-state index contributed by atoms with van der Waals surface area (Å²) in [6.07, 6.45) is 11.5. The molecule has 0 saturated carbocycles. The number of rotatable bonds is 11. The molecule has 0 fully saturated rings. The van der Waals surface area contributed by atoms with E-state index in [9.17, 15) is 4.79 Å². The predicted octanol–water partition coefficient (Wildman–Crippen LogP) is 6.86. The molecule has 0 spiro atoms. The fraction of sp³-hybridized carbons (Fsp3) is 0.609. The lowest BCUT2D eigenvalue weighted by Crippen LogP contribution is -2.55. The molecule has 4 heteroatoms. The summed E-state index contributed by atoms with van der Waals surface area (Å²) in [7, 11) is -2.94.